The van der Waals surface area contributed by atoms with Crippen LogP contribution < -0.4 is 4.90 Å². The predicted molar refractivity (Wildman–Crippen MR) is 91.6 cm³/mol. The van der Waals surface area contributed by atoms with Gasteiger partial charge in [-0.1, -0.05) is 12.1 Å². The Bertz CT molecular complexity index is 667. The first kappa shape index (κ1) is 16.4. The lowest BCUT2D eigenvalue weighted by Crippen LogP contribution is -2.27. The van der Waals surface area contributed by atoms with E-state index < -0.39 is 10.7 Å². The fourth-order valence-corrected chi connectivity index (χ4v) is 2.99. The molecule has 4 nitrogen and oxygen atoms in total. The number of aromatic nitrogens is 1. The molecule has 0 saturated heterocycles. The molecule has 116 valence electrons. The minimum atomic E-state index is -0.889. The molecule has 2 aromatic rings. The van der Waals surface area contributed by atoms with Gasteiger partial charge in [0.1, 0.15) is 4.75 Å². The van der Waals surface area contributed by atoms with Crippen molar-refractivity contribution >= 4 is 23.4 Å². The number of benzene rings is 1. The van der Waals surface area contributed by atoms with Gasteiger partial charge in [0.2, 0.25) is 0 Å². The van der Waals surface area contributed by atoms with E-state index in [0.29, 0.717) is 0 Å². The second kappa shape index (κ2) is 6.40. The predicted octanol–water partition coefficient (Wildman–Crippen LogP) is 3.77. The number of carbonyl (C=O) groups is 1. The summed E-state index contributed by atoms with van der Waals surface area (Å²) in [5.74, 6) is -0.830. The van der Waals surface area contributed by atoms with E-state index in [9.17, 15) is 9.90 Å². The first-order valence-electron chi connectivity index (χ1n) is 6.95. The second-order valence-corrected chi connectivity index (χ2v) is 7.40. The number of hydrogen-bond donors (Lipinski definition) is 1. The Morgan fingerprint density at radius 2 is 1.82 bits per heavy atom. The summed E-state index contributed by atoms with van der Waals surface area (Å²) >= 11 is 1.34. The van der Waals surface area contributed by atoms with E-state index in [4.69, 9.17) is 0 Å². The summed E-state index contributed by atoms with van der Waals surface area (Å²) in [4.78, 5) is 18.5. The molecule has 0 aliphatic carbocycles. The number of rotatable bonds is 5. The summed E-state index contributed by atoms with van der Waals surface area (Å²) in [6, 6.07) is 10.0. The quantitative estimate of drug-likeness (QED) is 0.851. The van der Waals surface area contributed by atoms with Crippen molar-refractivity contribution in [1.82, 2.24) is 4.98 Å². The Hall–Kier alpha value is -2.01. The summed E-state index contributed by atoms with van der Waals surface area (Å²) in [5, 5.41) is 9.32. The van der Waals surface area contributed by atoms with Gasteiger partial charge < -0.3 is 10.0 Å². The van der Waals surface area contributed by atoms with Crippen molar-refractivity contribution < 1.29 is 9.90 Å². The monoisotopic (exact) mass is 316 g/mol. The Balaban J connectivity index is 2.38. The molecule has 2 rings (SSSR count). The lowest BCUT2D eigenvalue weighted by molar-refractivity contribution is -0.138. The fraction of sp³-hybridized carbons (Fsp3) is 0.294. The lowest BCUT2D eigenvalue weighted by Gasteiger charge is -2.20. The molecule has 0 saturated carbocycles. The first-order valence-corrected chi connectivity index (χ1v) is 7.77. The van der Waals surface area contributed by atoms with Crippen LogP contribution in [0.3, 0.4) is 0 Å². The molecule has 1 aromatic carbocycles. The summed E-state index contributed by atoms with van der Waals surface area (Å²) < 4.78 is -0.889. The van der Waals surface area contributed by atoms with Crippen LogP contribution in [0.5, 0.6) is 0 Å². The van der Waals surface area contributed by atoms with Gasteiger partial charge in [-0.2, -0.15) is 0 Å². The molecule has 0 radical (unpaired) electrons. The molecule has 0 aliphatic heterocycles. The van der Waals surface area contributed by atoms with Crippen LogP contribution in [-0.4, -0.2) is 34.9 Å². The van der Waals surface area contributed by atoms with Crippen molar-refractivity contribution in [1.29, 1.82) is 0 Å². The number of anilines is 1. The largest absolute Gasteiger partial charge is 0.480 e. The molecule has 1 N–H and O–H groups in total. The minimum absolute atomic E-state index is 0.830. The van der Waals surface area contributed by atoms with E-state index >= 15 is 0 Å². The number of carboxylic acids is 1. The van der Waals surface area contributed by atoms with Gasteiger partial charge in [-0.15, -0.1) is 11.8 Å². The molecule has 5 heteroatoms. The number of carboxylic acid groups (broad SMARTS) is 1. The maximum Gasteiger partial charge on any atom is 0.319 e. The SMILES string of the molecule is CN(C)c1ccc(-c2cnccc2SC(C)(C)C(=O)O)cc1. The van der Waals surface area contributed by atoms with Crippen molar-refractivity contribution in [2.75, 3.05) is 19.0 Å². The van der Waals surface area contributed by atoms with Gasteiger partial charge in [-0.25, -0.2) is 0 Å². The van der Waals surface area contributed by atoms with Gasteiger partial charge in [0, 0.05) is 42.6 Å². The number of pyridine rings is 1. The zero-order valence-corrected chi connectivity index (χ0v) is 14.0. The molecule has 0 spiro atoms. The van der Waals surface area contributed by atoms with Gasteiger partial charge in [-0.3, -0.25) is 9.78 Å². The smallest absolute Gasteiger partial charge is 0.319 e. The molecule has 0 unspecified atom stereocenters. The van der Waals surface area contributed by atoms with Crippen molar-refractivity contribution in [2.45, 2.75) is 23.5 Å². The molecule has 1 aromatic heterocycles. The number of thioether (sulfide) groups is 1. The molecular weight excluding hydrogens is 296 g/mol. The van der Waals surface area contributed by atoms with Gasteiger partial charge in [0.15, 0.2) is 0 Å². The molecule has 0 amide bonds. The van der Waals surface area contributed by atoms with E-state index in [1.165, 1.54) is 11.8 Å². The Morgan fingerprint density at radius 3 is 2.36 bits per heavy atom. The van der Waals surface area contributed by atoms with Gasteiger partial charge in [0.05, 0.1) is 0 Å². The van der Waals surface area contributed by atoms with Crippen LogP contribution in [0, 0.1) is 0 Å². The van der Waals surface area contributed by atoms with E-state index in [1.807, 2.05) is 49.3 Å². The van der Waals surface area contributed by atoms with Crippen molar-refractivity contribution in [3.8, 4) is 11.1 Å². The third kappa shape index (κ3) is 3.60. The summed E-state index contributed by atoms with van der Waals surface area (Å²) in [5.41, 5.74) is 3.10. The normalized spacial score (nSPS) is 11.3. The van der Waals surface area contributed by atoms with E-state index in [2.05, 4.69) is 4.98 Å². The maximum atomic E-state index is 11.4. The van der Waals surface area contributed by atoms with E-state index in [1.54, 1.807) is 26.2 Å². The lowest BCUT2D eigenvalue weighted by atomic mass is 10.1. The average molecular weight is 316 g/mol. The maximum absolute atomic E-state index is 11.4. The van der Waals surface area contributed by atoms with Gasteiger partial charge in [-0.05, 0) is 37.6 Å². The zero-order valence-electron chi connectivity index (χ0n) is 13.2. The topological polar surface area (TPSA) is 53.4 Å². The number of aliphatic carboxylic acids is 1. The average Bonchev–Trinajstić information content (AvgIpc) is 2.47. The highest BCUT2D eigenvalue weighted by molar-refractivity contribution is 8.01. The molecule has 0 fully saturated rings. The summed E-state index contributed by atoms with van der Waals surface area (Å²) in [7, 11) is 3.99. The van der Waals surface area contributed by atoms with Crippen LogP contribution in [0.1, 0.15) is 13.8 Å². The van der Waals surface area contributed by atoms with Crippen molar-refractivity contribution in [2.24, 2.45) is 0 Å². The van der Waals surface area contributed by atoms with Crippen molar-refractivity contribution in [3.63, 3.8) is 0 Å². The van der Waals surface area contributed by atoms with Gasteiger partial charge in [0.25, 0.3) is 0 Å². The third-order valence-corrected chi connectivity index (χ3v) is 4.62. The van der Waals surface area contributed by atoms with Crippen LogP contribution in [0.25, 0.3) is 11.1 Å². The Morgan fingerprint density at radius 1 is 1.18 bits per heavy atom. The molecule has 22 heavy (non-hydrogen) atoms. The van der Waals surface area contributed by atoms with Crippen LogP contribution in [-0.2, 0) is 4.79 Å². The van der Waals surface area contributed by atoms with Crippen LogP contribution >= 0.6 is 11.8 Å². The highest BCUT2D eigenvalue weighted by Crippen LogP contribution is 2.38. The first-order chi connectivity index (χ1) is 10.3. The van der Waals surface area contributed by atoms with Crippen LogP contribution in [0.15, 0.2) is 47.6 Å². The standard InChI is InChI=1S/C17H20N2O2S/c1-17(2,16(20)21)22-15-9-10-18-11-14(15)12-5-7-13(8-6-12)19(3)4/h5-11H,1-4H3,(H,20,21). The van der Waals surface area contributed by atoms with E-state index in [0.717, 1.165) is 21.7 Å². The summed E-state index contributed by atoms with van der Waals surface area (Å²) in [6.45, 7) is 3.42. The Kier molecular flexibility index (Phi) is 4.76. The molecular formula is C17H20N2O2S. The summed E-state index contributed by atoms with van der Waals surface area (Å²) in [6.07, 6.45) is 3.48. The number of hydrogen-bond acceptors (Lipinski definition) is 4. The van der Waals surface area contributed by atoms with Crippen molar-refractivity contribution in [3.05, 3.63) is 42.7 Å². The third-order valence-electron chi connectivity index (χ3n) is 3.36. The molecule has 0 aliphatic rings. The molecule has 1 heterocycles. The zero-order chi connectivity index (χ0) is 16.3. The molecule has 0 bridgehead atoms. The second-order valence-electron chi connectivity index (χ2n) is 5.73. The fourth-order valence-electron chi connectivity index (χ4n) is 1.95. The minimum Gasteiger partial charge on any atom is -0.480 e. The van der Waals surface area contributed by atoms with Crippen LogP contribution in [0.4, 0.5) is 5.69 Å². The van der Waals surface area contributed by atoms with E-state index in [-0.39, 0.29) is 0 Å². The highest BCUT2D eigenvalue weighted by Gasteiger charge is 2.29. The Labute approximate surface area is 135 Å². The highest BCUT2D eigenvalue weighted by atomic mass is 32.2. The molecule has 0 atom stereocenters. The van der Waals surface area contributed by atoms with Crippen LogP contribution in [0.2, 0.25) is 0 Å². The number of nitrogens with zero attached hydrogens (tertiary/aromatic N) is 2. The van der Waals surface area contributed by atoms with Gasteiger partial charge >= 0.3 is 5.97 Å².